The van der Waals surface area contributed by atoms with E-state index in [0.29, 0.717) is 13.0 Å². The minimum atomic E-state index is -3.45. The van der Waals surface area contributed by atoms with Gasteiger partial charge in [0, 0.05) is 11.5 Å². The summed E-state index contributed by atoms with van der Waals surface area (Å²) in [6, 6.07) is 3.89. The number of hydrogen-bond acceptors (Lipinski definition) is 2. The third-order valence-corrected chi connectivity index (χ3v) is 7.90. The van der Waals surface area contributed by atoms with Crippen molar-refractivity contribution in [2.24, 2.45) is 5.92 Å². The molecule has 0 saturated carbocycles. The van der Waals surface area contributed by atoms with Gasteiger partial charge in [-0.25, -0.2) is 22.5 Å². The Morgan fingerprint density at radius 2 is 1.44 bits per heavy atom. The molecule has 2 nitrogen and oxygen atoms in total. The summed E-state index contributed by atoms with van der Waals surface area (Å²) in [7, 11) is 0. The number of pyridine rings is 1. The van der Waals surface area contributed by atoms with Crippen LogP contribution in [0.4, 0.5) is 22.0 Å². The maximum atomic E-state index is 15.4. The predicted octanol–water partition coefficient (Wildman–Crippen LogP) is 10.7. The maximum absolute atomic E-state index is 15.4. The molecule has 0 amide bonds. The number of unbranched alkanes of at least 4 members (excludes halogenated alkanes) is 11. The molecule has 0 fully saturated rings. The molecule has 0 spiro atoms. The van der Waals surface area contributed by atoms with E-state index in [1.807, 2.05) is 0 Å². The summed E-state index contributed by atoms with van der Waals surface area (Å²) in [5.41, 5.74) is -1.24. The van der Waals surface area contributed by atoms with E-state index < -0.39 is 35.0 Å². The molecule has 1 unspecified atom stereocenters. The molecule has 0 bridgehead atoms. The molecular formula is C32H44F5NO. The zero-order valence-corrected chi connectivity index (χ0v) is 23.6. The second-order valence-electron chi connectivity index (χ2n) is 11.0. The molecule has 3 rings (SSSR count). The number of benzene rings is 1. The Labute approximate surface area is 230 Å². The molecule has 0 radical (unpaired) electrons. The number of ether oxygens (including phenoxy) is 1. The lowest BCUT2D eigenvalue weighted by molar-refractivity contribution is -0.0823. The molecule has 1 heterocycles. The van der Waals surface area contributed by atoms with E-state index in [2.05, 4.69) is 18.8 Å². The van der Waals surface area contributed by atoms with Crippen LogP contribution in [0, 0.1) is 23.5 Å². The lowest BCUT2D eigenvalue weighted by atomic mass is 9.77. The fourth-order valence-corrected chi connectivity index (χ4v) is 5.55. The number of aromatic nitrogens is 1. The summed E-state index contributed by atoms with van der Waals surface area (Å²) in [6.07, 6.45) is 14.2. The average Bonchev–Trinajstić information content (AvgIpc) is 2.91. The molecule has 2 aromatic rings. The lowest BCUT2D eigenvalue weighted by Gasteiger charge is -2.34. The number of alkyl halides is 2. The minimum Gasteiger partial charge on any atom is -0.489 e. The van der Waals surface area contributed by atoms with Crippen molar-refractivity contribution in [3.8, 4) is 17.0 Å². The first-order valence-corrected chi connectivity index (χ1v) is 15.0. The van der Waals surface area contributed by atoms with Crippen LogP contribution in [0.15, 0.2) is 18.2 Å². The second-order valence-corrected chi connectivity index (χ2v) is 11.0. The minimum absolute atomic E-state index is 0.0640. The third-order valence-electron chi connectivity index (χ3n) is 7.90. The van der Waals surface area contributed by atoms with Crippen LogP contribution in [-0.2, 0) is 12.3 Å². The number of rotatable bonds is 17. The highest BCUT2D eigenvalue weighted by molar-refractivity contribution is 5.63. The van der Waals surface area contributed by atoms with E-state index in [4.69, 9.17) is 4.74 Å². The van der Waals surface area contributed by atoms with Crippen LogP contribution in [0.3, 0.4) is 0 Å². The van der Waals surface area contributed by atoms with Gasteiger partial charge in [-0.2, -0.15) is 4.39 Å². The van der Waals surface area contributed by atoms with E-state index in [1.54, 1.807) is 0 Å². The van der Waals surface area contributed by atoms with Crippen LogP contribution >= 0.6 is 0 Å². The Morgan fingerprint density at radius 1 is 0.821 bits per heavy atom. The number of halogens is 5. The van der Waals surface area contributed by atoms with Gasteiger partial charge in [0.25, 0.3) is 11.9 Å². The zero-order chi connectivity index (χ0) is 28.3. The first kappa shape index (κ1) is 31.3. The van der Waals surface area contributed by atoms with Crippen molar-refractivity contribution >= 4 is 0 Å². The summed E-state index contributed by atoms with van der Waals surface area (Å²) < 4.78 is 81.1. The molecule has 1 aliphatic rings. The summed E-state index contributed by atoms with van der Waals surface area (Å²) in [6.45, 7) is 4.63. The third kappa shape index (κ3) is 8.40. The van der Waals surface area contributed by atoms with Crippen LogP contribution in [-0.4, -0.2) is 11.6 Å². The highest BCUT2D eigenvalue weighted by atomic mass is 19.3. The van der Waals surface area contributed by atoms with Crippen LogP contribution in [0.1, 0.15) is 121 Å². The fourth-order valence-electron chi connectivity index (χ4n) is 5.55. The van der Waals surface area contributed by atoms with E-state index in [-0.39, 0.29) is 41.8 Å². The van der Waals surface area contributed by atoms with Gasteiger partial charge in [0.1, 0.15) is 0 Å². The van der Waals surface area contributed by atoms with Gasteiger partial charge in [0.2, 0.25) is 0 Å². The van der Waals surface area contributed by atoms with Crippen LogP contribution in [0.2, 0.25) is 0 Å². The normalized spacial score (nSPS) is 16.3. The number of fused-ring (bicyclic) bond motifs is 1. The predicted molar refractivity (Wildman–Crippen MR) is 147 cm³/mol. The summed E-state index contributed by atoms with van der Waals surface area (Å²) in [5.74, 6) is -8.44. The van der Waals surface area contributed by atoms with Crippen molar-refractivity contribution in [2.45, 2.75) is 123 Å². The van der Waals surface area contributed by atoms with Gasteiger partial charge >= 0.3 is 0 Å². The average molecular weight is 554 g/mol. The first-order chi connectivity index (χ1) is 18.8. The molecule has 7 heteroatoms. The zero-order valence-electron chi connectivity index (χ0n) is 23.6. The Hall–Kier alpha value is -2.18. The lowest BCUT2D eigenvalue weighted by Crippen LogP contribution is -2.33. The van der Waals surface area contributed by atoms with E-state index in [0.717, 1.165) is 64.2 Å². The highest BCUT2D eigenvalue weighted by Gasteiger charge is 2.48. The Bertz CT molecular complexity index is 1040. The van der Waals surface area contributed by atoms with Crippen molar-refractivity contribution in [1.82, 2.24) is 4.98 Å². The van der Waals surface area contributed by atoms with Gasteiger partial charge in [0.15, 0.2) is 17.4 Å². The van der Waals surface area contributed by atoms with Crippen molar-refractivity contribution in [2.75, 3.05) is 6.61 Å². The number of hydrogen-bond donors (Lipinski definition) is 0. The van der Waals surface area contributed by atoms with Gasteiger partial charge in [-0.1, -0.05) is 90.9 Å². The topological polar surface area (TPSA) is 22.1 Å². The van der Waals surface area contributed by atoms with Gasteiger partial charge in [-0.05, 0) is 49.4 Å². The van der Waals surface area contributed by atoms with Crippen LogP contribution in [0.25, 0.3) is 11.3 Å². The smallest absolute Gasteiger partial charge is 0.279 e. The Morgan fingerprint density at radius 3 is 2.08 bits per heavy atom. The van der Waals surface area contributed by atoms with Crippen LogP contribution in [0.5, 0.6) is 5.75 Å². The largest absolute Gasteiger partial charge is 0.489 e. The summed E-state index contributed by atoms with van der Waals surface area (Å²) >= 11 is 0. The summed E-state index contributed by atoms with van der Waals surface area (Å²) in [4.78, 5) is 3.78. The van der Waals surface area contributed by atoms with E-state index in [1.165, 1.54) is 31.0 Å². The second kappa shape index (κ2) is 15.6. The van der Waals surface area contributed by atoms with Crippen molar-refractivity contribution in [3.63, 3.8) is 0 Å². The molecular weight excluding hydrogens is 509 g/mol. The molecule has 218 valence electrons. The van der Waals surface area contributed by atoms with Crippen molar-refractivity contribution in [1.29, 1.82) is 0 Å². The van der Waals surface area contributed by atoms with E-state index in [9.17, 15) is 4.39 Å². The Balaban J connectivity index is 1.65. The fraction of sp³-hybridized carbons (Fsp3) is 0.656. The van der Waals surface area contributed by atoms with Gasteiger partial charge in [0.05, 0.1) is 17.9 Å². The summed E-state index contributed by atoms with van der Waals surface area (Å²) in [5, 5.41) is 0. The molecule has 0 saturated heterocycles. The monoisotopic (exact) mass is 553 g/mol. The molecule has 1 aliphatic carbocycles. The van der Waals surface area contributed by atoms with Gasteiger partial charge in [-0.15, -0.1) is 0 Å². The SMILES string of the molecule is CCCCCCCCCC1CCc2cc(-c3ccc(OCCCCCCCC)c(F)n3)c(F)c(F)c2C1(F)F. The molecule has 0 N–H and O–H groups in total. The number of aryl methyl sites for hydroxylation is 1. The molecule has 1 atom stereocenters. The Kier molecular flexibility index (Phi) is 12.5. The van der Waals surface area contributed by atoms with Crippen molar-refractivity contribution in [3.05, 3.63) is 46.9 Å². The van der Waals surface area contributed by atoms with Gasteiger partial charge < -0.3 is 4.74 Å². The first-order valence-electron chi connectivity index (χ1n) is 15.0. The maximum Gasteiger partial charge on any atom is 0.279 e. The number of nitrogens with zero attached hydrogens (tertiary/aromatic N) is 1. The molecule has 0 aliphatic heterocycles. The van der Waals surface area contributed by atoms with Crippen LogP contribution < -0.4 is 4.74 Å². The molecule has 39 heavy (non-hydrogen) atoms. The van der Waals surface area contributed by atoms with E-state index >= 15 is 17.6 Å². The standard InChI is InChI=1S/C32H44F5NO/c1-3-5-7-9-11-12-14-16-24-18-17-23-22-25(29(33)30(34)28(23)32(24,36)37)26-19-20-27(31(35)38-26)39-21-15-13-10-8-6-4-2/h19-20,22,24H,3-18,21H2,1-2H3. The van der Waals surface area contributed by atoms with Crippen molar-refractivity contribution < 1.29 is 26.7 Å². The molecule has 1 aromatic carbocycles. The van der Waals surface area contributed by atoms with Gasteiger partial charge in [-0.3, -0.25) is 0 Å². The molecule has 1 aromatic heterocycles. The quantitative estimate of drug-likeness (QED) is 0.110. The highest BCUT2D eigenvalue weighted by Crippen LogP contribution is 2.49.